The molecule has 27 heavy (non-hydrogen) atoms. The fourth-order valence-corrected chi connectivity index (χ4v) is 5.83. The molecule has 0 bridgehead atoms. The summed E-state index contributed by atoms with van der Waals surface area (Å²) in [5.41, 5.74) is 1.09. The van der Waals surface area contributed by atoms with Crippen LogP contribution in [0.15, 0.2) is 39.7 Å². The van der Waals surface area contributed by atoms with E-state index in [0.717, 1.165) is 6.26 Å². The van der Waals surface area contributed by atoms with Gasteiger partial charge in [-0.15, -0.1) is 0 Å². The summed E-state index contributed by atoms with van der Waals surface area (Å²) in [5, 5.41) is 0. The van der Waals surface area contributed by atoms with Crippen molar-refractivity contribution in [3.05, 3.63) is 51.7 Å². The average molecular weight is 522 g/mol. The predicted molar refractivity (Wildman–Crippen MR) is 104 cm³/mol. The van der Waals surface area contributed by atoms with Gasteiger partial charge in [0.1, 0.15) is 17.3 Å². The molecule has 2 aromatic carbocycles. The standard InChI is InChI=1S/C18H15Br2FO5S/c1-27(22,23)15-3-2-14(26-12-7-10(19)6-11(21)8-12)16-13(20)9-18(17(15)16)24-4-5-25-18/h2-3,6-8,13H,4-5,9H2,1H3. The maximum absolute atomic E-state index is 13.7. The quantitative estimate of drug-likeness (QED) is 0.542. The number of halogens is 3. The Kier molecular flexibility index (Phi) is 4.87. The van der Waals surface area contributed by atoms with E-state index in [4.69, 9.17) is 14.2 Å². The molecule has 2 aliphatic rings. The van der Waals surface area contributed by atoms with Crippen molar-refractivity contribution in [1.29, 1.82) is 0 Å². The minimum Gasteiger partial charge on any atom is -0.457 e. The minimum absolute atomic E-state index is 0.147. The Morgan fingerprint density at radius 1 is 1.22 bits per heavy atom. The van der Waals surface area contributed by atoms with E-state index in [-0.39, 0.29) is 9.72 Å². The van der Waals surface area contributed by atoms with E-state index in [1.807, 2.05) is 0 Å². The van der Waals surface area contributed by atoms with Crippen LogP contribution in [0.25, 0.3) is 0 Å². The van der Waals surface area contributed by atoms with E-state index in [2.05, 4.69) is 31.9 Å². The number of sulfone groups is 1. The molecule has 5 nitrogen and oxygen atoms in total. The van der Waals surface area contributed by atoms with E-state index < -0.39 is 21.4 Å². The lowest BCUT2D eigenvalue weighted by Gasteiger charge is -2.25. The molecule has 0 saturated carbocycles. The fraction of sp³-hybridized carbons (Fsp3) is 0.333. The second-order valence-corrected chi connectivity index (χ2v) is 10.5. The van der Waals surface area contributed by atoms with Gasteiger partial charge in [0.05, 0.1) is 18.1 Å². The van der Waals surface area contributed by atoms with Crippen LogP contribution >= 0.6 is 31.9 Å². The molecule has 4 rings (SSSR count). The van der Waals surface area contributed by atoms with Crippen LogP contribution in [0.4, 0.5) is 4.39 Å². The van der Waals surface area contributed by atoms with Crippen LogP contribution in [-0.2, 0) is 25.1 Å². The number of alkyl halides is 1. The van der Waals surface area contributed by atoms with Crippen LogP contribution in [0.5, 0.6) is 11.5 Å². The number of benzene rings is 2. The molecule has 0 aromatic heterocycles. The van der Waals surface area contributed by atoms with Gasteiger partial charge in [0, 0.05) is 39.2 Å². The smallest absolute Gasteiger partial charge is 0.198 e. The molecule has 0 N–H and O–H groups in total. The molecule has 1 unspecified atom stereocenters. The highest BCUT2D eigenvalue weighted by atomic mass is 79.9. The lowest BCUT2D eigenvalue weighted by atomic mass is 10.1. The Hall–Kier alpha value is -1.00. The highest BCUT2D eigenvalue weighted by Crippen LogP contribution is 2.57. The van der Waals surface area contributed by atoms with Crippen molar-refractivity contribution >= 4 is 41.7 Å². The van der Waals surface area contributed by atoms with Gasteiger partial charge in [-0.2, -0.15) is 0 Å². The second-order valence-electron chi connectivity index (χ2n) is 6.45. The third kappa shape index (κ3) is 3.44. The monoisotopic (exact) mass is 520 g/mol. The van der Waals surface area contributed by atoms with Crippen LogP contribution < -0.4 is 4.74 Å². The Labute approximate surface area is 173 Å². The summed E-state index contributed by atoms with van der Waals surface area (Å²) < 4.78 is 56.6. The summed E-state index contributed by atoms with van der Waals surface area (Å²) in [4.78, 5) is -0.0894. The first kappa shape index (κ1) is 19.3. The first-order valence-corrected chi connectivity index (χ1v) is 11.7. The van der Waals surface area contributed by atoms with Crippen LogP contribution in [0, 0.1) is 5.82 Å². The van der Waals surface area contributed by atoms with Gasteiger partial charge >= 0.3 is 0 Å². The highest BCUT2D eigenvalue weighted by Gasteiger charge is 2.52. The first-order valence-electron chi connectivity index (χ1n) is 8.13. The molecule has 1 fully saturated rings. The van der Waals surface area contributed by atoms with E-state index in [0.29, 0.717) is 46.7 Å². The predicted octanol–water partition coefficient (Wildman–Crippen LogP) is 4.82. The number of fused-ring (bicyclic) bond motifs is 2. The van der Waals surface area contributed by atoms with Crippen molar-refractivity contribution in [2.24, 2.45) is 0 Å². The Balaban J connectivity index is 1.89. The molecule has 1 spiro atoms. The van der Waals surface area contributed by atoms with Crippen molar-refractivity contribution in [1.82, 2.24) is 0 Å². The van der Waals surface area contributed by atoms with Crippen LogP contribution in [0.1, 0.15) is 22.4 Å². The lowest BCUT2D eigenvalue weighted by Crippen LogP contribution is -2.26. The largest absolute Gasteiger partial charge is 0.457 e. The fourth-order valence-electron chi connectivity index (χ4n) is 3.55. The lowest BCUT2D eigenvalue weighted by molar-refractivity contribution is -0.164. The third-order valence-corrected chi connectivity index (χ3v) is 6.91. The normalized spacial score (nSPS) is 20.8. The molecule has 9 heteroatoms. The van der Waals surface area contributed by atoms with Gasteiger partial charge in [-0.25, -0.2) is 12.8 Å². The van der Waals surface area contributed by atoms with Crippen molar-refractivity contribution in [3.8, 4) is 11.5 Å². The summed E-state index contributed by atoms with van der Waals surface area (Å²) in [5.74, 6) is -0.847. The van der Waals surface area contributed by atoms with Gasteiger partial charge in [-0.3, -0.25) is 0 Å². The highest BCUT2D eigenvalue weighted by molar-refractivity contribution is 9.10. The van der Waals surface area contributed by atoms with Crippen LogP contribution in [0.3, 0.4) is 0 Å². The molecule has 1 saturated heterocycles. The first-order chi connectivity index (χ1) is 12.7. The van der Waals surface area contributed by atoms with E-state index in [1.165, 1.54) is 18.2 Å². The summed E-state index contributed by atoms with van der Waals surface area (Å²) >= 11 is 6.84. The molecule has 2 aromatic rings. The SMILES string of the molecule is CS(=O)(=O)c1ccc(Oc2cc(F)cc(Br)c2)c2c1C1(CC2Br)OCCO1. The summed E-state index contributed by atoms with van der Waals surface area (Å²) in [6.45, 7) is 0.759. The van der Waals surface area contributed by atoms with E-state index in [1.54, 1.807) is 12.1 Å². The number of rotatable bonds is 3. The van der Waals surface area contributed by atoms with E-state index >= 15 is 0 Å². The van der Waals surface area contributed by atoms with Crippen LogP contribution in [-0.4, -0.2) is 27.9 Å². The summed E-state index contributed by atoms with van der Waals surface area (Å²) in [6, 6.07) is 7.28. The second kappa shape index (κ2) is 6.81. The van der Waals surface area contributed by atoms with Crippen LogP contribution in [0.2, 0.25) is 0 Å². The summed E-state index contributed by atoms with van der Waals surface area (Å²) in [6.07, 6.45) is 1.56. The molecule has 1 aliphatic heterocycles. The number of hydrogen-bond donors (Lipinski definition) is 0. The molecule has 0 radical (unpaired) electrons. The third-order valence-electron chi connectivity index (χ3n) is 4.53. The topological polar surface area (TPSA) is 61.8 Å². The van der Waals surface area contributed by atoms with Gasteiger partial charge < -0.3 is 14.2 Å². The number of ether oxygens (including phenoxy) is 3. The zero-order chi connectivity index (χ0) is 19.4. The van der Waals surface area contributed by atoms with Gasteiger partial charge in [-0.1, -0.05) is 31.9 Å². The maximum atomic E-state index is 13.7. The average Bonchev–Trinajstić information content (AvgIpc) is 3.12. The Morgan fingerprint density at radius 2 is 1.93 bits per heavy atom. The molecule has 0 amide bonds. The van der Waals surface area contributed by atoms with Gasteiger partial charge in [0.25, 0.3) is 0 Å². The van der Waals surface area contributed by atoms with Gasteiger partial charge in [-0.05, 0) is 24.3 Å². The summed E-state index contributed by atoms with van der Waals surface area (Å²) in [7, 11) is -3.52. The van der Waals surface area contributed by atoms with Crippen molar-refractivity contribution < 1.29 is 27.0 Å². The molecule has 1 atom stereocenters. The Bertz CT molecular complexity index is 998. The maximum Gasteiger partial charge on any atom is 0.198 e. The zero-order valence-electron chi connectivity index (χ0n) is 14.2. The number of hydrogen-bond acceptors (Lipinski definition) is 5. The zero-order valence-corrected chi connectivity index (χ0v) is 18.2. The van der Waals surface area contributed by atoms with Crippen molar-refractivity contribution in [2.45, 2.75) is 21.9 Å². The molecular formula is C18H15Br2FO5S. The Morgan fingerprint density at radius 3 is 2.56 bits per heavy atom. The van der Waals surface area contributed by atoms with Crippen molar-refractivity contribution in [2.75, 3.05) is 19.5 Å². The molecule has 1 heterocycles. The van der Waals surface area contributed by atoms with Gasteiger partial charge in [0.15, 0.2) is 15.6 Å². The molecule has 1 aliphatic carbocycles. The molecule has 144 valence electrons. The van der Waals surface area contributed by atoms with E-state index in [9.17, 15) is 12.8 Å². The minimum atomic E-state index is -3.52. The van der Waals surface area contributed by atoms with Crippen molar-refractivity contribution in [3.63, 3.8) is 0 Å². The van der Waals surface area contributed by atoms with Gasteiger partial charge in [0.2, 0.25) is 0 Å². The molecular weight excluding hydrogens is 507 g/mol.